The highest BCUT2D eigenvalue weighted by Crippen LogP contribution is 2.31. The predicted octanol–water partition coefficient (Wildman–Crippen LogP) is 5.17. The van der Waals surface area contributed by atoms with Crippen molar-refractivity contribution >= 4 is 29.4 Å². The molecule has 7 heteroatoms. The number of para-hydroxylation sites is 1. The molecule has 0 radical (unpaired) electrons. The monoisotopic (exact) mass is 456 g/mol. The van der Waals surface area contributed by atoms with Gasteiger partial charge in [-0.1, -0.05) is 36.4 Å². The molecular weight excluding hydrogens is 432 g/mol. The second kappa shape index (κ2) is 10.0. The van der Waals surface area contributed by atoms with Gasteiger partial charge < -0.3 is 14.6 Å². The van der Waals surface area contributed by atoms with Crippen LogP contribution in [0.25, 0.3) is 6.08 Å². The molecule has 1 amide bonds. The maximum absolute atomic E-state index is 13.0. The Bertz CT molecular complexity index is 1260. The van der Waals surface area contributed by atoms with Crippen molar-refractivity contribution in [1.29, 1.82) is 0 Å². The Morgan fingerprint density at radius 2 is 1.74 bits per heavy atom. The second-order valence-corrected chi connectivity index (χ2v) is 7.63. The van der Waals surface area contributed by atoms with Gasteiger partial charge in [0, 0.05) is 0 Å². The third-order valence-electron chi connectivity index (χ3n) is 5.24. The number of aromatic carboxylic acids is 1. The van der Waals surface area contributed by atoms with E-state index in [9.17, 15) is 9.59 Å². The molecule has 0 spiro atoms. The maximum atomic E-state index is 13.0. The molecule has 1 aliphatic heterocycles. The lowest BCUT2D eigenvalue weighted by atomic mass is 10.1. The zero-order chi connectivity index (χ0) is 24.1. The number of carbonyl (C=O) groups is 2. The first-order chi connectivity index (χ1) is 16.5. The molecule has 1 aliphatic rings. The molecule has 0 saturated carbocycles. The molecule has 0 fully saturated rings. The summed E-state index contributed by atoms with van der Waals surface area (Å²) in [6.07, 6.45) is 1.79. The summed E-state index contributed by atoms with van der Waals surface area (Å²) in [5.74, 6) is -0.0464. The van der Waals surface area contributed by atoms with Crippen LogP contribution in [0, 0.1) is 0 Å². The summed E-state index contributed by atoms with van der Waals surface area (Å²) in [6.45, 7) is 4.40. The first-order valence-corrected chi connectivity index (χ1v) is 10.8. The number of ether oxygens (including phenoxy) is 2. The third kappa shape index (κ3) is 4.99. The topological polar surface area (TPSA) is 88.4 Å². The Balaban J connectivity index is 1.53. The third-order valence-corrected chi connectivity index (χ3v) is 5.24. The SMILES string of the molecule is CCOc1cc(/C=C2/C(=O)N(c3ccccc3)N=C2C)ccc1OCc1ccc(C(=O)O)cc1. The summed E-state index contributed by atoms with van der Waals surface area (Å²) in [6, 6.07) is 21.3. The van der Waals surface area contributed by atoms with Crippen LogP contribution in [0.15, 0.2) is 83.5 Å². The van der Waals surface area contributed by atoms with E-state index in [-0.39, 0.29) is 18.1 Å². The molecule has 0 aromatic heterocycles. The first kappa shape index (κ1) is 22.8. The zero-order valence-electron chi connectivity index (χ0n) is 18.9. The van der Waals surface area contributed by atoms with E-state index in [2.05, 4.69) is 5.10 Å². The number of carboxylic acid groups (broad SMARTS) is 1. The second-order valence-electron chi connectivity index (χ2n) is 7.63. The lowest BCUT2D eigenvalue weighted by molar-refractivity contribution is -0.114. The lowest BCUT2D eigenvalue weighted by Gasteiger charge is -2.13. The van der Waals surface area contributed by atoms with E-state index >= 15 is 0 Å². The Morgan fingerprint density at radius 3 is 2.41 bits per heavy atom. The zero-order valence-corrected chi connectivity index (χ0v) is 18.9. The summed E-state index contributed by atoms with van der Waals surface area (Å²) in [7, 11) is 0. The van der Waals surface area contributed by atoms with Gasteiger partial charge in [-0.05, 0) is 67.4 Å². The minimum absolute atomic E-state index is 0.188. The van der Waals surface area contributed by atoms with Crippen LogP contribution < -0.4 is 14.5 Å². The Morgan fingerprint density at radius 1 is 1.00 bits per heavy atom. The largest absolute Gasteiger partial charge is 0.490 e. The van der Waals surface area contributed by atoms with Crippen LogP contribution in [-0.4, -0.2) is 29.3 Å². The maximum Gasteiger partial charge on any atom is 0.335 e. The summed E-state index contributed by atoms with van der Waals surface area (Å²) in [5.41, 5.74) is 3.71. The predicted molar refractivity (Wildman–Crippen MR) is 130 cm³/mol. The average molecular weight is 456 g/mol. The number of rotatable bonds is 8. The molecule has 0 atom stereocenters. The van der Waals surface area contributed by atoms with Crippen molar-refractivity contribution in [1.82, 2.24) is 0 Å². The van der Waals surface area contributed by atoms with Crippen molar-refractivity contribution in [2.24, 2.45) is 5.10 Å². The molecule has 1 N–H and O–H groups in total. The van der Waals surface area contributed by atoms with Crippen molar-refractivity contribution in [3.8, 4) is 11.5 Å². The highest BCUT2D eigenvalue weighted by Gasteiger charge is 2.28. The van der Waals surface area contributed by atoms with E-state index in [1.165, 1.54) is 5.01 Å². The standard InChI is InChI=1S/C27H24N2O5/c1-3-33-25-16-20(11-14-24(25)34-17-19-9-12-21(13-10-19)27(31)32)15-23-18(2)28-29(26(23)30)22-7-5-4-6-8-22/h4-16H,3,17H2,1-2H3,(H,31,32)/b23-15+. The van der Waals surface area contributed by atoms with Gasteiger partial charge in [0.2, 0.25) is 0 Å². The van der Waals surface area contributed by atoms with Crippen molar-refractivity contribution in [2.45, 2.75) is 20.5 Å². The van der Waals surface area contributed by atoms with Crippen LogP contribution in [0.1, 0.15) is 35.3 Å². The highest BCUT2D eigenvalue weighted by atomic mass is 16.5. The van der Waals surface area contributed by atoms with Gasteiger partial charge in [-0.3, -0.25) is 4.79 Å². The normalized spacial score (nSPS) is 14.3. The fourth-order valence-corrected chi connectivity index (χ4v) is 3.50. The number of carbonyl (C=O) groups excluding carboxylic acids is 1. The first-order valence-electron chi connectivity index (χ1n) is 10.8. The highest BCUT2D eigenvalue weighted by molar-refractivity contribution is 6.32. The van der Waals surface area contributed by atoms with E-state index in [0.29, 0.717) is 35.1 Å². The molecule has 3 aromatic carbocycles. The molecule has 3 aromatic rings. The van der Waals surface area contributed by atoms with Gasteiger partial charge in [-0.25, -0.2) is 4.79 Å². The molecule has 7 nitrogen and oxygen atoms in total. The van der Waals surface area contributed by atoms with E-state index in [1.54, 1.807) is 36.4 Å². The van der Waals surface area contributed by atoms with E-state index in [4.69, 9.17) is 14.6 Å². The summed E-state index contributed by atoms with van der Waals surface area (Å²) in [5, 5.41) is 14.8. The number of carboxylic acids is 1. The van der Waals surface area contributed by atoms with Crippen molar-refractivity contribution in [2.75, 3.05) is 11.6 Å². The van der Waals surface area contributed by atoms with Gasteiger partial charge in [0.05, 0.1) is 29.1 Å². The summed E-state index contributed by atoms with van der Waals surface area (Å²) < 4.78 is 11.7. The van der Waals surface area contributed by atoms with Crippen molar-refractivity contribution in [3.63, 3.8) is 0 Å². The Hall–Kier alpha value is -4.39. The van der Waals surface area contributed by atoms with Crippen molar-refractivity contribution < 1.29 is 24.2 Å². The Labute approximate surface area is 197 Å². The van der Waals surface area contributed by atoms with Crippen LogP contribution in [0.5, 0.6) is 11.5 Å². The number of nitrogens with zero attached hydrogens (tertiary/aromatic N) is 2. The van der Waals surface area contributed by atoms with Gasteiger partial charge in [0.1, 0.15) is 6.61 Å². The molecule has 4 rings (SSSR count). The molecule has 172 valence electrons. The van der Waals surface area contributed by atoms with Crippen LogP contribution in [0.2, 0.25) is 0 Å². The fourth-order valence-electron chi connectivity index (χ4n) is 3.50. The molecule has 0 unspecified atom stereocenters. The number of hydrogen-bond acceptors (Lipinski definition) is 5. The smallest absolute Gasteiger partial charge is 0.335 e. The van der Waals surface area contributed by atoms with Gasteiger partial charge in [-0.2, -0.15) is 10.1 Å². The molecule has 34 heavy (non-hydrogen) atoms. The van der Waals surface area contributed by atoms with E-state index in [1.807, 2.05) is 56.3 Å². The van der Waals surface area contributed by atoms with E-state index < -0.39 is 5.97 Å². The molecule has 0 aliphatic carbocycles. The molecule has 1 heterocycles. The molecule has 0 saturated heterocycles. The van der Waals surface area contributed by atoms with Gasteiger partial charge in [-0.15, -0.1) is 0 Å². The number of anilines is 1. The fraction of sp³-hybridized carbons (Fsp3) is 0.148. The minimum Gasteiger partial charge on any atom is -0.490 e. The minimum atomic E-state index is -0.969. The lowest BCUT2D eigenvalue weighted by Crippen LogP contribution is -2.21. The molecular formula is C27H24N2O5. The van der Waals surface area contributed by atoms with Crippen LogP contribution in [0.4, 0.5) is 5.69 Å². The van der Waals surface area contributed by atoms with Gasteiger partial charge in [0.15, 0.2) is 11.5 Å². The number of benzene rings is 3. The molecule has 0 bridgehead atoms. The van der Waals surface area contributed by atoms with Gasteiger partial charge >= 0.3 is 5.97 Å². The average Bonchev–Trinajstić information content (AvgIpc) is 3.13. The van der Waals surface area contributed by atoms with Crippen LogP contribution in [-0.2, 0) is 11.4 Å². The summed E-state index contributed by atoms with van der Waals surface area (Å²) in [4.78, 5) is 24.0. The van der Waals surface area contributed by atoms with Crippen molar-refractivity contribution in [3.05, 3.63) is 95.1 Å². The number of amides is 1. The van der Waals surface area contributed by atoms with Crippen LogP contribution in [0.3, 0.4) is 0 Å². The Kier molecular flexibility index (Phi) is 6.73. The number of hydrazone groups is 1. The summed E-state index contributed by atoms with van der Waals surface area (Å²) >= 11 is 0. The quantitative estimate of drug-likeness (QED) is 0.473. The number of hydrogen-bond donors (Lipinski definition) is 1. The van der Waals surface area contributed by atoms with Crippen LogP contribution >= 0.6 is 0 Å². The van der Waals surface area contributed by atoms with Gasteiger partial charge in [0.25, 0.3) is 5.91 Å². The van der Waals surface area contributed by atoms with E-state index in [0.717, 1.165) is 11.1 Å².